The van der Waals surface area contributed by atoms with Crippen LogP contribution in [-0.4, -0.2) is 34.3 Å². The zero-order valence-corrected chi connectivity index (χ0v) is 12.0. The summed E-state index contributed by atoms with van der Waals surface area (Å²) in [5.41, 5.74) is -0.717. The minimum Gasteiger partial charge on any atom is -0.340 e. The molecule has 1 saturated carbocycles. The topological polar surface area (TPSA) is 49.4 Å². The molecule has 1 heterocycles. The lowest BCUT2D eigenvalue weighted by Gasteiger charge is -2.46. The molecule has 4 atom stereocenters. The molecule has 0 bridgehead atoms. The molecule has 0 spiro atoms. The maximum atomic E-state index is 12.7. The van der Waals surface area contributed by atoms with Gasteiger partial charge in [0.25, 0.3) is 0 Å². The first-order valence-corrected chi connectivity index (χ1v) is 6.96. The summed E-state index contributed by atoms with van der Waals surface area (Å²) < 4.78 is 0. The third-order valence-electron chi connectivity index (χ3n) is 4.44. The van der Waals surface area contributed by atoms with E-state index < -0.39 is 5.54 Å². The van der Waals surface area contributed by atoms with Crippen molar-refractivity contribution < 1.29 is 9.59 Å². The SMILES string of the molecule is CCC1(C)NC(=O)C(C(C)C)N(C2CC2C)C1=O. The summed E-state index contributed by atoms with van der Waals surface area (Å²) in [6, 6.07) is -0.0334. The van der Waals surface area contributed by atoms with Gasteiger partial charge in [-0.25, -0.2) is 0 Å². The molecule has 1 saturated heterocycles. The summed E-state index contributed by atoms with van der Waals surface area (Å²) in [5, 5.41) is 2.92. The van der Waals surface area contributed by atoms with Crippen LogP contribution in [0.1, 0.15) is 47.5 Å². The fraction of sp³-hybridized carbons (Fsp3) is 0.857. The molecule has 4 unspecified atom stereocenters. The monoisotopic (exact) mass is 252 g/mol. The number of nitrogens with one attached hydrogen (secondary N) is 1. The highest BCUT2D eigenvalue weighted by molar-refractivity contribution is 6.00. The van der Waals surface area contributed by atoms with Gasteiger partial charge in [-0.3, -0.25) is 9.59 Å². The van der Waals surface area contributed by atoms with Gasteiger partial charge < -0.3 is 10.2 Å². The summed E-state index contributed by atoms with van der Waals surface area (Å²) in [7, 11) is 0. The van der Waals surface area contributed by atoms with Crippen molar-refractivity contribution in [1.82, 2.24) is 10.2 Å². The lowest BCUT2D eigenvalue weighted by atomic mass is 9.88. The van der Waals surface area contributed by atoms with E-state index in [0.717, 1.165) is 6.42 Å². The Bertz CT molecular complexity index is 380. The van der Waals surface area contributed by atoms with E-state index in [4.69, 9.17) is 0 Å². The number of carbonyl (C=O) groups excluding carboxylic acids is 2. The van der Waals surface area contributed by atoms with Crippen LogP contribution in [0.2, 0.25) is 0 Å². The van der Waals surface area contributed by atoms with E-state index in [9.17, 15) is 9.59 Å². The van der Waals surface area contributed by atoms with Crippen LogP contribution in [-0.2, 0) is 9.59 Å². The van der Waals surface area contributed by atoms with Crippen molar-refractivity contribution in [3.8, 4) is 0 Å². The molecule has 4 heteroatoms. The Balaban J connectivity index is 2.34. The molecular formula is C14H24N2O2. The molecule has 2 fully saturated rings. The van der Waals surface area contributed by atoms with Gasteiger partial charge in [0.1, 0.15) is 11.6 Å². The number of hydrogen-bond donors (Lipinski definition) is 1. The second-order valence-corrected chi connectivity index (χ2v) is 6.36. The van der Waals surface area contributed by atoms with Crippen LogP contribution in [0.3, 0.4) is 0 Å². The zero-order chi connectivity index (χ0) is 13.7. The van der Waals surface area contributed by atoms with Crippen molar-refractivity contribution in [2.75, 3.05) is 0 Å². The molecule has 1 N–H and O–H groups in total. The fourth-order valence-corrected chi connectivity index (χ4v) is 2.85. The normalized spacial score (nSPS) is 40.1. The van der Waals surface area contributed by atoms with E-state index in [-0.39, 0.29) is 29.8 Å². The van der Waals surface area contributed by atoms with Crippen LogP contribution in [0.5, 0.6) is 0 Å². The molecule has 1 aliphatic carbocycles. The molecule has 2 rings (SSSR count). The van der Waals surface area contributed by atoms with Gasteiger partial charge in [-0.05, 0) is 31.6 Å². The Morgan fingerprint density at radius 1 is 1.44 bits per heavy atom. The quantitative estimate of drug-likeness (QED) is 0.828. The molecule has 1 aliphatic heterocycles. The zero-order valence-electron chi connectivity index (χ0n) is 12.0. The van der Waals surface area contributed by atoms with Crippen LogP contribution in [0.15, 0.2) is 0 Å². The number of amides is 2. The minimum atomic E-state index is -0.717. The largest absolute Gasteiger partial charge is 0.340 e. The minimum absolute atomic E-state index is 0.00745. The van der Waals surface area contributed by atoms with Crippen LogP contribution in [0, 0.1) is 11.8 Å². The molecule has 4 nitrogen and oxygen atoms in total. The van der Waals surface area contributed by atoms with Gasteiger partial charge in [-0.2, -0.15) is 0 Å². The lowest BCUT2D eigenvalue weighted by molar-refractivity contribution is -0.157. The highest BCUT2D eigenvalue weighted by Gasteiger charge is 2.54. The Labute approximate surface area is 109 Å². The molecule has 0 aromatic rings. The Morgan fingerprint density at radius 2 is 2.00 bits per heavy atom. The van der Waals surface area contributed by atoms with Gasteiger partial charge in [-0.15, -0.1) is 0 Å². The smallest absolute Gasteiger partial charge is 0.248 e. The molecule has 0 aromatic heterocycles. The van der Waals surface area contributed by atoms with E-state index in [1.54, 1.807) is 0 Å². The van der Waals surface area contributed by atoms with E-state index in [0.29, 0.717) is 12.3 Å². The molecule has 0 radical (unpaired) electrons. The van der Waals surface area contributed by atoms with Gasteiger partial charge in [-0.1, -0.05) is 27.7 Å². The number of hydrogen-bond acceptors (Lipinski definition) is 2. The summed E-state index contributed by atoms with van der Waals surface area (Å²) in [6.45, 7) is 9.94. The molecule has 2 aliphatic rings. The molecule has 0 aromatic carbocycles. The van der Waals surface area contributed by atoms with Crippen LogP contribution in [0.4, 0.5) is 0 Å². The van der Waals surface area contributed by atoms with Gasteiger partial charge in [0.05, 0.1) is 0 Å². The Kier molecular flexibility index (Phi) is 3.16. The third kappa shape index (κ3) is 1.91. The first-order chi connectivity index (χ1) is 8.31. The molecule has 102 valence electrons. The highest BCUT2D eigenvalue weighted by Crippen LogP contribution is 2.40. The van der Waals surface area contributed by atoms with Crippen molar-refractivity contribution >= 4 is 11.8 Å². The Hall–Kier alpha value is -1.06. The fourth-order valence-electron chi connectivity index (χ4n) is 2.85. The average Bonchev–Trinajstić information content (AvgIpc) is 2.99. The number of nitrogens with zero attached hydrogens (tertiary/aromatic N) is 1. The highest BCUT2D eigenvalue weighted by atomic mass is 16.2. The van der Waals surface area contributed by atoms with Gasteiger partial charge in [0, 0.05) is 6.04 Å². The van der Waals surface area contributed by atoms with Crippen molar-refractivity contribution in [2.45, 2.75) is 65.1 Å². The van der Waals surface area contributed by atoms with Crippen LogP contribution >= 0.6 is 0 Å². The first kappa shape index (κ1) is 13.4. The first-order valence-electron chi connectivity index (χ1n) is 6.96. The standard InChI is InChI=1S/C14H24N2O2/c1-6-14(5)13(18)16(10-7-9(10)4)11(8(2)3)12(17)15-14/h8-11H,6-7H2,1-5H3,(H,15,17). The molecule has 18 heavy (non-hydrogen) atoms. The summed E-state index contributed by atoms with van der Waals surface area (Å²) in [5.74, 6) is 0.788. The van der Waals surface area contributed by atoms with Gasteiger partial charge in [0.15, 0.2) is 0 Å². The maximum absolute atomic E-state index is 12.7. The van der Waals surface area contributed by atoms with Crippen LogP contribution in [0.25, 0.3) is 0 Å². The van der Waals surface area contributed by atoms with E-state index in [2.05, 4.69) is 12.2 Å². The summed E-state index contributed by atoms with van der Waals surface area (Å²) in [4.78, 5) is 26.8. The maximum Gasteiger partial charge on any atom is 0.248 e. The predicted octanol–water partition coefficient (Wildman–Crippen LogP) is 1.55. The van der Waals surface area contributed by atoms with Crippen molar-refractivity contribution in [1.29, 1.82) is 0 Å². The van der Waals surface area contributed by atoms with E-state index in [1.165, 1.54) is 0 Å². The summed E-state index contributed by atoms with van der Waals surface area (Å²) in [6.07, 6.45) is 1.67. The van der Waals surface area contributed by atoms with Gasteiger partial charge >= 0.3 is 0 Å². The van der Waals surface area contributed by atoms with E-state index in [1.807, 2.05) is 32.6 Å². The lowest BCUT2D eigenvalue weighted by Crippen LogP contribution is -2.70. The summed E-state index contributed by atoms with van der Waals surface area (Å²) >= 11 is 0. The third-order valence-corrected chi connectivity index (χ3v) is 4.44. The molecule has 2 amide bonds. The average molecular weight is 252 g/mol. The van der Waals surface area contributed by atoms with Crippen molar-refractivity contribution in [3.05, 3.63) is 0 Å². The number of piperazine rings is 1. The van der Waals surface area contributed by atoms with Crippen molar-refractivity contribution in [3.63, 3.8) is 0 Å². The number of rotatable bonds is 3. The second-order valence-electron chi connectivity index (χ2n) is 6.36. The number of carbonyl (C=O) groups is 2. The van der Waals surface area contributed by atoms with Crippen molar-refractivity contribution in [2.24, 2.45) is 11.8 Å². The van der Waals surface area contributed by atoms with Crippen LogP contribution < -0.4 is 5.32 Å². The Morgan fingerprint density at radius 3 is 2.39 bits per heavy atom. The predicted molar refractivity (Wildman–Crippen MR) is 69.9 cm³/mol. The van der Waals surface area contributed by atoms with Gasteiger partial charge in [0.2, 0.25) is 11.8 Å². The van der Waals surface area contributed by atoms with E-state index >= 15 is 0 Å². The molecular weight excluding hydrogens is 228 g/mol. The second kappa shape index (κ2) is 4.25.